The summed E-state index contributed by atoms with van der Waals surface area (Å²) < 4.78 is 0. The lowest BCUT2D eigenvalue weighted by molar-refractivity contribution is -0.136. The van der Waals surface area contributed by atoms with Crippen LogP contribution in [0.4, 0.5) is 11.4 Å². The summed E-state index contributed by atoms with van der Waals surface area (Å²) in [4.78, 5) is 28.5. The summed E-state index contributed by atoms with van der Waals surface area (Å²) in [6.07, 6.45) is 4.62. The summed E-state index contributed by atoms with van der Waals surface area (Å²) in [6, 6.07) is 7.90. The second kappa shape index (κ2) is 7.69. The van der Waals surface area contributed by atoms with E-state index in [1.807, 2.05) is 29.2 Å². The number of nitrogens with one attached hydrogen (secondary N) is 1. The van der Waals surface area contributed by atoms with Gasteiger partial charge in [0, 0.05) is 37.6 Å². The van der Waals surface area contributed by atoms with Crippen LogP contribution in [0, 0.1) is 5.92 Å². The Morgan fingerprint density at radius 2 is 1.79 bits per heavy atom. The number of nitrogens with zero attached hydrogens (tertiary/aromatic N) is 2. The molecular formula is C19H27N3O2. The van der Waals surface area contributed by atoms with Crippen molar-refractivity contribution < 1.29 is 9.59 Å². The van der Waals surface area contributed by atoms with Crippen LogP contribution in [-0.4, -0.2) is 42.9 Å². The molecular weight excluding hydrogens is 302 g/mol. The maximum absolute atomic E-state index is 12.2. The van der Waals surface area contributed by atoms with Crippen molar-refractivity contribution in [1.29, 1.82) is 0 Å². The summed E-state index contributed by atoms with van der Waals surface area (Å²) in [6.45, 7) is 5.92. The van der Waals surface area contributed by atoms with E-state index in [0.717, 1.165) is 38.3 Å². The monoisotopic (exact) mass is 329 g/mol. The Hall–Kier alpha value is -2.04. The molecule has 0 aromatic heterocycles. The zero-order valence-corrected chi connectivity index (χ0v) is 14.5. The van der Waals surface area contributed by atoms with E-state index < -0.39 is 0 Å². The van der Waals surface area contributed by atoms with Gasteiger partial charge >= 0.3 is 0 Å². The molecule has 3 rings (SSSR count). The molecule has 130 valence electrons. The topological polar surface area (TPSA) is 52.7 Å². The Morgan fingerprint density at radius 1 is 1.08 bits per heavy atom. The van der Waals surface area contributed by atoms with Gasteiger partial charge in [0.05, 0.1) is 0 Å². The third-order valence-electron chi connectivity index (χ3n) is 4.94. The van der Waals surface area contributed by atoms with Gasteiger partial charge in [-0.25, -0.2) is 0 Å². The molecule has 0 radical (unpaired) electrons. The number of amides is 2. The maximum Gasteiger partial charge on any atom is 0.233 e. The van der Waals surface area contributed by atoms with Crippen LogP contribution in [0.5, 0.6) is 0 Å². The first kappa shape index (κ1) is 16.8. The van der Waals surface area contributed by atoms with Crippen LogP contribution in [0.3, 0.4) is 0 Å². The van der Waals surface area contributed by atoms with E-state index in [1.165, 1.54) is 24.9 Å². The van der Waals surface area contributed by atoms with Gasteiger partial charge in [-0.05, 0) is 55.9 Å². The van der Waals surface area contributed by atoms with Crippen LogP contribution in [0.1, 0.15) is 39.0 Å². The van der Waals surface area contributed by atoms with Gasteiger partial charge in [-0.3, -0.25) is 9.59 Å². The van der Waals surface area contributed by atoms with E-state index >= 15 is 0 Å². The van der Waals surface area contributed by atoms with Crippen LogP contribution in [0.25, 0.3) is 0 Å². The molecule has 5 heteroatoms. The van der Waals surface area contributed by atoms with Gasteiger partial charge in [-0.2, -0.15) is 0 Å². The van der Waals surface area contributed by atoms with Gasteiger partial charge < -0.3 is 15.1 Å². The van der Waals surface area contributed by atoms with E-state index in [1.54, 1.807) is 0 Å². The van der Waals surface area contributed by atoms with E-state index in [9.17, 15) is 9.59 Å². The summed E-state index contributed by atoms with van der Waals surface area (Å²) in [5.41, 5.74) is 1.95. The summed E-state index contributed by atoms with van der Waals surface area (Å²) in [5.74, 6) is 0.240. The Kier molecular flexibility index (Phi) is 5.38. The zero-order chi connectivity index (χ0) is 16.9. The lowest BCUT2D eigenvalue weighted by Crippen LogP contribution is -2.40. The Morgan fingerprint density at radius 3 is 2.46 bits per heavy atom. The van der Waals surface area contributed by atoms with Crippen molar-refractivity contribution in [2.45, 2.75) is 39.0 Å². The Balaban J connectivity index is 1.50. The molecule has 1 atom stereocenters. The van der Waals surface area contributed by atoms with Crippen molar-refractivity contribution in [3.63, 3.8) is 0 Å². The number of likely N-dealkylation sites (tertiary alicyclic amines) is 1. The summed E-state index contributed by atoms with van der Waals surface area (Å²) in [5, 5.41) is 2.84. The van der Waals surface area contributed by atoms with E-state index in [-0.39, 0.29) is 18.2 Å². The van der Waals surface area contributed by atoms with Gasteiger partial charge in [0.2, 0.25) is 11.8 Å². The largest absolute Gasteiger partial charge is 0.372 e. The first-order valence-corrected chi connectivity index (χ1v) is 9.04. The molecule has 2 aliphatic rings. The normalized spacial score (nSPS) is 21.0. The number of rotatable bonds is 4. The van der Waals surface area contributed by atoms with E-state index in [4.69, 9.17) is 0 Å². The second-order valence-corrected chi connectivity index (χ2v) is 7.05. The van der Waals surface area contributed by atoms with Gasteiger partial charge in [0.1, 0.15) is 6.42 Å². The number of anilines is 2. The highest BCUT2D eigenvalue weighted by Crippen LogP contribution is 2.22. The fourth-order valence-corrected chi connectivity index (χ4v) is 3.60. The minimum Gasteiger partial charge on any atom is -0.372 e. The predicted molar refractivity (Wildman–Crippen MR) is 96.1 cm³/mol. The quantitative estimate of drug-likeness (QED) is 0.864. The molecule has 1 aromatic carbocycles. The van der Waals surface area contributed by atoms with Crippen molar-refractivity contribution >= 4 is 23.2 Å². The third kappa shape index (κ3) is 4.28. The Labute approximate surface area is 144 Å². The SMILES string of the molecule is CC1CCCN(C(=O)CC(=O)Nc2ccc(N3CCCC3)cc2)C1. The van der Waals surface area contributed by atoms with E-state index in [0.29, 0.717) is 5.92 Å². The molecule has 24 heavy (non-hydrogen) atoms. The van der Waals surface area contributed by atoms with Crippen LogP contribution in [0.15, 0.2) is 24.3 Å². The molecule has 2 saturated heterocycles. The number of piperidine rings is 1. The fraction of sp³-hybridized carbons (Fsp3) is 0.579. The molecule has 0 saturated carbocycles. The fourth-order valence-electron chi connectivity index (χ4n) is 3.60. The van der Waals surface area contributed by atoms with Crippen LogP contribution >= 0.6 is 0 Å². The standard InChI is InChI=1S/C19H27N3O2/c1-15-5-4-12-22(14-15)19(24)13-18(23)20-16-6-8-17(9-7-16)21-10-2-3-11-21/h6-9,15H,2-5,10-14H2,1H3,(H,20,23). The molecule has 2 fully saturated rings. The second-order valence-electron chi connectivity index (χ2n) is 7.05. The average molecular weight is 329 g/mol. The maximum atomic E-state index is 12.2. The van der Waals surface area contributed by atoms with Gasteiger partial charge in [-0.1, -0.05) is 6.92 Å². The average Bonchev–Trinajstić information content (AvgIpc) is 3.10. The highest BCUT2D eigenvalue weighted by atomic mass is 16.2. The molecule has 2 heterocycles. The first-order valence-electron chi connectivity index (χ1n) is 9.04. The highest BCUT2D eigenvalue weighted by molar-refractivity contribution is 6.03. The molecule has 1 N–H and O–H groups in total. The molecule has 0 spiro atoms. The summed E-state index contributed by atoms with van der Waals surface area (Å²) >= 11 is 0. The van der Waals surface area contributed by atoms with Crippen molar-refractivity contribution in [1.82, 2.24) is 4.90 Å². The van der Waals surface area contributed by atoms with Gasteiger partial charge in [-0.15, -0.1) is 0 Å². The number of hydrogen-bond donors (Lipinski definition) is 1. The van der Waals surface area contributed by atoms with Gasteiger partial charge in [0.25, 0.3) is 0 Å². The first-order chi connectivity index (χ1) is 11.6. The van der Waals surface area contributed by atoms with Crippen molar-refractivity contribution in [2.24, 2.45) is 5.92 Å². The third-order valence-corrected chi connectivity index (χ3v) is 4.94. The van der Waals surface area contributed by atoms with E-state index in [2.05, 4.69) is 17.1 Å². The van der Waals surface area contributed by atoms with Crippen LogP contribution in [0.2, 0.25) is 0 Å². The number of benzene rings is 1. The smallest absolute Gasteiger partial charge is 0.233 e. The van der Waals surface area contributed by atoms with Crippen molar-refractivity contribution in [3.05, 3.63) is 24.3 Å². The molecule has 0 bridgehead atoms. The Bertz CT molecular complexity index is 579. The molecule has 0 aliphatic carbocycles. The van der Waals surface area contributed by atoms with Crippen LogP contribution in [-0.2, 0) is 9.59 Å². The molecule has 5 nitrogen and oxygen atoms in total. The zero-order valence-electron chi connectivity index (χ0n) is 14.5. The van der Waals surface area contributed by atoms with Gasteiger partial charge in [0.15, 0.2) is 0 Å². The summed E-state index contributed by atoms with van der Waals surface area (Å²) in [7, 11) is 0. The van der Waals surface area contributed by atoms with Crippen molar-refractivity contribution in [2.75, 3.05) is 36.4 Å². The molecule has 2 aliphatic heterocycles. The molecule has 1 unspecified atom stereocenters. The minimum atomic E-state index is -0.229. The number of carbonyl (C=O) groups is 2. The molecule has 2 amide bonds. The lowest BCUT2D eigenvalue weighted by atomic mass is 10.00. The van der Waals surface area contributed by atoms with Crippen molar-refractivity contribution in [3.8, 4) is 0 Å². The number of carbonyl (C=O) groups excluding carboxylic acids is 2. The molecule has 1 aromatic rings. The lowest BCUT2D eigenvalue weighted by Gasteiger charge is -2.30. The minimum absolute atomic E-state index is 0.0623. The number of hydrogen-bond acceptors (Lipinski definition) is 3. The van der Waals surface area contributed by atoms with Crippen LogP contribution < -0.4 is 10.2 Å². The highest BCUT2D eigenvalue weighted by Gasteiger charge is 2.22. The predicted octanol–water partition coefficient (Wildman–Crippen LogP) is 2.87.